The number of hydrogen-bond acceptors (Lipinski definition) is 4. The Kier molecular flexibility index (Phi) is 5.88. The first-order valence-corrected chi connectivity index (χ1v) is 10.5. The molecule has 2 saturated heterocycles. The zero-order valence-corrected chi connectivity index (χ0v) is 16.8. The minimum Gasteiger partial charge on any atom is -0.508 e. The van der Waals surface area contributed by atoms with Gasteiger partial charge >= 0.3 is 5.97 Å². The molecule has 1 atom stereocenters. The number of carboxylic acid groups (broad SMARTS) is 1. The van der Waals surface area contributed by atoms with Crippen molar-refractivity contribution in [2.24, 2.45) is 11.3 Å². The summed E-state index contributed by atoms with van der Waals surface area (Å²) in [5.74, 6) is -0.624. The SMILES string of the molecule is O=C(O)C1CN(CCc2ccccc2)CC12CCN(Cc1cccc(O)c1)CC2. The summed E-state index contributed by atoms with van der Waals surface area (Å²) in [4.78, 5) is 16.8. The molecule has 1 unspecified atom stereocenters. The van der Waals surface area contributed by atoms with Gasteiger partial charge in [0.2, 0.25) is 0 Å². The summed E-state index contributed by atoms with van der Waals surface area (Å²) >= 11 is 0. The van der Waals surface area contributed by atoms with Gasteiger partial charge in [-0.25, -0.2) is 0 Å². The van der Waals surface area contributed by atoms with E-state index in [1.165, 1.54) is 5.56 Å². The van der Waals surface area contributed by atoms with Crippen molar-refractivity contribution in [2.75, 3.05) is 32.7 Å². The Hall–Kier alpha value is -2.37. The van der Waals surface area contributed by atoms with Crippen LogP contribution in [0.15, 0.2) is 54.6 Å². The Balaban J connectivity index is 1.36. The molecule has 5 nitrogen and oxygen atoms in total. The minimum absolute atomic E-state index is 0.113. The highest BCUT2D eigenvalue weighted by Crippen LogP contribution is 2.45. The summed E-state index contributed by atoms with van der Waals surface area (Å²) < 4.78 is 0. The van der Waals surface area contributed by atoms with Gasteiger partial charge < -0.3 is 15.1 Å². The van der Waals surface area contributed by atoms with Gasteiger partial charge in [-0.05, 0) is 55.6 Å². The number of benzene rings is 2. The third kappa shape index (κ3) is 4.62. The average molecular weight is 395 g/mol. The van der Waals surface area contributed by atoms with Crippen LogP contribution in [0.1, 0.15) is 24.0 Å². The van der Waals surface area contributed by atoms with Crippen LogP contribution in [0.3, 0.4) is 0 Å². The zero-order chi connectivity index (χ0) is 20.3. The molecule has 2 aromatic rings. The number of phenols is 1. The number of likely N-dealkylation sites (tertiary alicyclic amines) is 2. The van der Waals surface area contributed by atoms with Crippen LogP contribution in [-0.4, -0.2) is 58.7 Å². The molecule has 2 aliphatic rings. The second-order valence-electron chi connectivity index (χ2n) is 8.67. The van der Waals surface area contributed by atoms with E-state index in [0.717, 1.165) is 57.5 Å². The fourth-order valence-corrected chi connectivity index (χ4v) is 5.09. The van der Waals surface area contributed by atoms with Crippen molar-refractivity contribution >= 4 is 5.97 Å². The maximum Gasteiger partial charge on any atom is 0.308 e. The molecule has 2 aliphatic heterocycles. The molecule has 2 N–H and O–H groups in total. The molecule has 154 valence electrons. The lowest BCUT2D eigenvalue weighted by atomic mass is 9.71. The van der Waals surface area contributed by atoms with E-state index in [9.17, 15) is 15.0 Å². The Morgan fingerprint density at radius 1 is 1.00 bits per heavy atom. The van der Waals surface area contributed by atoms with Gasteiger partial charge in [-0.2, -0.15) is 0 Å². The van der Waals surface area contributed by atoms with Crippen LogP contribution in [0.2, 0.25) is 0 Å². The Morgan fingerprint density at radius 2 is 1.72 bits per heavy atom. The number of hydrogen-bond donors (Lipinski definition) is 2. The summed E-state index contributed by atoms with van der Waals surface area (Å²) in [7, 11) is 0. The number of nitrogens with zero attached hydrogens (tertiary/aromatic N) is 2. The number of carbonyl (C=O) groups is 1. The second-order valence-corrected chi connectivity index (χ2v) is 8.67. The van der Waals surface area contributed by atoms with Crippen molar-refractivity contribution in [1.82, 2.24) is 9.80 Å². The van der Waals surface area contributed by atoms with Crippen molar-refractivity contribution in [2.45, 2.75) is 25.8 Å². The van der Waals surface area contributed by atoms with Crippen molar-refractivity contribution in [3.63, 3.8) is 0 Å². The van der Waals surface area contributed by atoms with E-state index in [-0.39, 0.29) is 11.3 Å². The van der Waals surface area contributed by atoms with Gasteiger partial charge in [-0.15, -0.1) is 0 Å². The van der Waals surface area contributed by atoms with Crippen molar-refractivity contribution in [3.05, 3.63) is 65.7 Å². The van der Waals surface area contributed by atoms with E-state index < -0.39 is 5.97 Å². The lowest BCUT2D eigenvalue weighted by Crippen LogP contribution is -2.45. The first kappa shape index (κ1) is 19.9. The van der Waals surface area contributed by atoms with E-state index in [1.54, 1.807) is 6.07 Å². The van der Waals surface area contributed by atoms with Crippen LogP contribution >= 0.6 is 0 Å². The second kappa shape index (κ2) is 8.56. The van der Waals surface area contributed by atoms with E-state index in [4.69, 9.17) is 0 Å². The largest absolute Gasteiger partial charge is 0.508 e. The topological polar surface area (TPSA) is 64.0 Å². The Morgan fingerprint density at radius 3 is 2.41 bits per heavy atom. The summed E-state index contributed by atoms with van der Waals surface area (Å²) in [5, 5.41) is 19.6. The predicted octanol–water partition coefficient (Wildman–Crippen LogP) is 3.23. The number of carboxylic acids is 1. The Labute approximate surface area is 172 Å². The maximum absolute atomic E-state index is 12.0. The summed E-state index contributed by atoms with van der Waals surface area (Å²) in [6.07, 6.45) is 2.81. The molecule has 29 heavy (non-hydrogen) atoms. The molecule has 0 radical (unpaired) electrons. The van der Waals surface area contributed by atoms with E-state index in [2.05, 4.69) is 34.1 Å². The standard InChI is InChI=1S/C24H30N2O3/c27-21-8-4-7-20(15-21)16-25-13-10-24(11-14-25)18-26(17-22(24)23(28)29)12-9-19-5-2-1-3-6-19/h1-8,15,22,27H,9-14,16-18H2,(H,28,29). The lowest BCUT2D eigenvalue weighted by molar-refractivity contribution is -0.146. The molecule has 2 fully saturated rings. The van der Waals surface area contributed by atoms with Gasteiger partial charge in [-0.1, -0.05) is 42.5 Å². The average Bonchev–Trinajstić information content (AvgIpc) is 3.08. The van der Waals surface area contributed by atoms with Crippen LogP contribution in [0.5, 0.6) is 5.75 Å². The molecule has 0 amide bonds. The molecule has 0 saturated carbocycles. The predicted molar refractivity (Wildman–Crippen MR) is 113 cm³/mol. The van der Waals surface area contributed by atoms with Crippen LogP contribution < -0.4 is 0 Å². The normalized spacial score (nSPS) is 22.1. The van der Waals surface area contributed by atoms with Crippen LogP contribution in [0, 0.1) is 11.3 Å². The van der Waals surface area contributed by atoms with Crippen molar-refractivity contribution < 1.29 is 15.0 Å². The highest BCUT2D eigenvalue weighted by Gasteiger charge is 2.51. The van der Waals surface area contributed by atoms with E-state index in [1.807, 2.05) is 24.3 Å². The molecule has 0 bridgehead atoms. The molecule has 2 heterocycles. The third-order valence-corrected chi connectivity index (χ3v) is 6.74. The molecule has 1 spiro atoms. The lowest BCUT2D eigenvalue weighted by Gasteiger charge is -2.41. The Bertz CT molecular complexity index is 831. The summed E-state index contributed by atoms with van der Waals surface area (Å²) in [6.45, 7) is 5.09. The van der Waals surface area contributed by atoms with Crippen molar-refractivity contribution in [1.29, 1.82) is 0 Å². The quantitative estimate of drug-likeness (QED) is 0.788. The van der Waals surface area contributed by atoms with Gasteiger partial charge in [0.1, 0.15) is 5.75 Å². The molecule has 0 aromatic heterocycles. The molecular formula is C24H30N2O3. The number of piperidine rings is 1. The number of aliphatic carboxylic acids is 1. The molecule has 2 aromatic carbocycles. The molecule has 5 heteroatoms. The van der Waals surface area contributed by atoms with Crippen LogP contribution in [0.25, 0.3) is 0 Å². The molecule has 0 aliphatic carbocycles. The molecular weight excluding hydrogens is 364 g/mol. The molecule has 4 rings (SSSR count). The van der Waals surface area contributed by atoms with E-state index in [0.29, 0.717) is 12.3 Å². The fraction of sp³-hybridized carbons (Fsp3) is 0.458. The van der Waals surface area contributed by atoms with Gasteiger partial charge in [-0.3, -0.25) is 9.69 Å². The van der Waals surface area contributed by atoms with Gasteiger partial charge in [0, 0.05) is 31.6 Å². The third-order valence-electron chi connectivity index (χ3n) is 6.74. The van der Waals surface area contributed by atoms with Gasteiger partial charge in [0.05, 0.1) is 5.92 Å². The summed E-state index contributed by atoms with van der Waals surface area (Å²) in [6, 6.07) is 17.8. The number of aromatic hydroxyl groups is 1. The number of rotatable bonds is 6. The van der Waals surface area contributed by atoms with Crippen molar-refractivity contribution in [3.8, 4) is 5.75 Å². The number of phenolic OH excluding ortho intramolecular Hbond substituents is 1. The fourth-order valence-electron chi connectivity index (χ4n) is 5.09. The summed E-state index contributed by atoms with van der Waals surface area (Å²) in [5.41, 5.74) is 2.30. The smallest absolute Gasteiger partial charge is 0.308 e. The van der Waals surface area contributed by atoms with Crippen LogP contribution in [0.4, 0.5) is 0 Å². The highest BCUT2D eigenvalue weighted by molar-refractivity contribution is 5.72. The first-order chi connectivity index (χ1) is 14.0. The van der Waals surface area contributed by atoms with Gasteiger partial charge in [0.25, 0.3) is 0 Å². The highest BCUT2D eigenvalue weighted by atomic mass is 16.4. The van der Waals surface area contributed by atoms with E-state index >= 15 is 0 Å². The minimum atomic E-state index is -0.645. The first-order valence-electron chi connectivity index (χ1n) is 10.5. The van der Waals surface area contributed by atoms with Crippen LogP contribution in [-0.2, 0) is 17.8 Å². The maximum atomic E-state index is 12.0. The van der Waals surface area contributed by atoms with Gasteiger partial charge in [0.15, 0.2) is 0 Å². The monoisotopic (exact) mass is 394 g/mol. The zero-order valence-electron chi connectivity index (χ0n) is 16.8.